The summed E-state index contributed by atoms with van der Waals surface area (Å²) >= 11 is 1.29. The van der Waals surface area contributed by atoms with Crippen LogP contribution in [0.3, 0.4) is 0 Å². The lowest BCUT2D eigenvalue weighted by atomic mass is 9.94. The van der Waals surface area contributed by atoms with Gasteiger partial charge in [-0.3, -0.25) is 9.59 Å². The molecule has 0 fully saturated rings. The van der Waals surface area contributed by atoms with Gasteiger partial charge in [0, 0.05) is 15.8 Å². The number of carbonyl (C=O) groups excluding carboxylic acids is 2. The first-order valence-electron chi connectivity index (χ1n) is 10.9. The van der Waals surface area contributed by atoms with Gasteiger partial charge in [-0.1, -0.05) is 51.3 Å². The molecule has 1 aliphatic heterocycles. The van der Waals surface area contributed by atoms with Crippen molar-refractivity contribution >= 4 is 44.5 Å². The van der Waals surface area contributed by atoms with Crippen molar-refractivity contribution in [3.63, 3.8) is 0 Å². The van der Waals surface area contributed by atoms with Crippen molar-refractivity contribution in [3.8, 4) is 0 Å². The molecule has 1 amide bonds. The summed E-state index contributed by atoms with van der Waals surface area (Å²) in [6.45, 7) is 4.64. The zero-order chi connectivity index (χ0) is 24.2. The minimum Gasteiger partial charge on any atom is -0.465 e. The number of benzene rings is 2. The van der Waals surface area contributed by atoms with Crippen molar-refractivity contribution in [3.05, 3.63) is 41.5 Å². The Bertz CT molecular complexity index is 1130. The maximum absolute atomic E-state index is 12.8. The van der Waals surface area contributed by atoms with Crippen LogP contribution in [0.1, 0.15) is 61.7 Å². The average molecular weight is 496 g/mol. The van der Waals surface area contributed by atoms with E-state index in [2.05, 4.69) is 13.8 Å². The highest BCUT2D eigenvalue weighted by atomic mass is 32.2. The first kappa shape index (κ1) is 25.5. The zero-order valence-electron chi connectivity index (χ0n) is 18.9. The van der Waals surface area contributed by atoms with E-state index in [0.29, 0.717) is 33.9 Å². The highest BCUT2D eigenvalue weighted by molar-refractivity contribution is 8.00. The number of nitrogens with zero attached hydrogens (tertiary/aromatic N) is 1. The van der Waals surface area contributed by atoms with Crippen LogP contribution in [0.2, 0.25) is 0 Å². The lowest BCUT2D eigenvalue weighted by molar-refractivity contribution is -0.141. The van der Waals surface area contributed by atoms with Crippen molar-refractivity contribution in [2.24, 2.45) is 5.92 Å². The fourth-order valence-corrected chi connectivity index (χ4v) is 5.08. The number of aliphatic hydroxyl groups is 1. The van der Waals surface area contributed by atoms with Gasteiger partial charge in [-0.25, -0.2) is 0 Å². The molecule has 0 spiro atoms. The number of aliphatic hydroxyl groups excluding tert-OH is 1. The van der Waals surface area contributed by atoms with E-state index in [0.717, 1.165) is 36.8 Å². The van der Waals surface area contributed by atoms with E-state index in [-0.39, 0.29) is 17.3 Å². The summed E-state index contributed by atoms with van der Waals surface area (Å²) in [5.74, 6) is -0.587. The Kier molecular flexibility index (Phi) is 8.38. The van der Waals surface area contributed by atoms with Crippen molar-refractivity contribution in [1.29, 1.82) is 0 Å². The van der Waals surface area contributed by atoms with Crippen LogP contribution in [-0.4, -0.2) is 49.1 Å². The maximum atomic E-state index is 12.8. The number of hydrogen-bond acceptors (Lipinski definition) is 8. The number of hydrogen-bond donors (Lipinski definition) is 1. The van der Waals surface area contributed by atoms with E-state index < -0.39 is 22.3 Å². The third-order valence-electron chi connectivity index (χ3n) is 5.55. The van der Waals surface area contributed by atoms with Gasteiger partial charge >= 0.3 is 5.97 Å². The Balaban J connectivity index is 1.77. The molecule has 1 N–H and O–H groups in total. The lowest BCUT2D eigenvalue weighted by Crippen LogP contribution is -2.39. The van der Waals surface area contributed by atoms with Crippen LogP contribution in [0, 0.1) is 5.92 Å². The van der Waals surface area contributed by atoms with Crippen molar-refractivity contribution in [1.82, 2.24) is 5.06 Å². The molecule has 2 unspecified atom stereocenters. The third-order valence-corrected chi connectivity index (χ3v) is 7.03. The summed E-state index contributed by atoms with van der Waals surface area (Å²) in [5.41, 5.74) is 0.556. The van der Waals surface area contributed by atoms with Gasteiger partial charge in [-0.2, -0.15) is 13.5 Å². The highest BCUT2D eigenvalue weighted by Gasteiger charge is 2.36. The Morgan fingerprint density at radius 3 is 2.67 bits per heavy atom. The normalized spacial score (nSPS) is 16.8. The molecule has 0 radical (unpaired) electrons. The van der Waals surface area contributed by atoms with Crippen LogP contribution < -0.4 is 0 Å². The van der Waals surface area contributed by atoms with E-state index in [4.69, 9.17) is 9.02 Å². The summed E-state index contributed by atoms with van der Waals surface area (Å²) in [5, 5.41) is 12.3. The summed E-state index contributed by atoms with van der Waals surface area (Å²) in [4.78, 5) is 25.9. The molecule has 1 heterocycles. The standard InChI is InChI=1S/C23H29NO7S2/c1-4-6-8-15(5-2)13-30-20(25)14-32-19-12-11-18-21-16(19)9-7-10-17(21)22(26)24(23(18)27)31-33(3,28)29/h7,9-12,15,22,26H,4-6,8,13-14H2,1-3H3. The van der Waals surface area contributed by atoms with Gasteiger partial charge in [0.1, 0.15) is 0 Å². The fourth-order valence-electron chi connectivity index (χ4n) is 3.79. The quantitative estimate of drug-likeness (QED) is 0.368. The smallest absolute Gasteiger partial charge is 0.316 e. The van der Waals surface area contributed by atoms with Gasteiger partial charge in [-0.05, 0) is 29.9 Å². The van der Waals surface area contributed by atoms with Crippen molar-refractivity contribution < 1.29 is 32.1 Å². The number of hydroxylamine groups is 2. The SMILES string of the molecule is CCCCC(CC)COC(=O)CSc1ccc2c3c(cccc13)C(O)N(OS(C)(=O)=O)C2=O. The second-order valence-electron chi connectivity index (χ2n) is 8.05. The number of esters is 1. The predicted octanol–water partition coefficient (Wildman–Crippen LogP) is 4.03. The Labute approximate surface area is 198 Å². The molecule has 0 bridgehead atoms. The Hall–Kier alpha value is -2.14. The summed E-state index contributed by atoms with van der Waals surface area (Å²) in [7, 11) is -4.02. The third kappa shape index (κ3) is 6.06. The molecule has 33 heavy (non-hydrogen) atoms. The molecule has 0 aliphatic carbocycles. The van der Waals surface area contributed by atoms with Gasteiger partial charge in [-0.15, -0.1) is 16.0 Å². The largest absolute Gasteiger partial charge is 0.465 e. The molecule has 180 valence electrons. The van der Waals surface area contributed by atoms with Gasteiger partial charge in [0.15, 0.2) is 6.23 Å². The van der Waals surface area contributed by atoms with E-state index >= 15 is 0 Å². The molecule has 2 aromatic carbocycles. The van der Waals surface area contributed by atoms with Gasteiger partial charge in [0.25, 0.3) is 16.0 Å². The monoisotopic (exact) mass is 495 g/mol. The summed E-state index contributed by atoms with van der Waals surface area (Å²) in [6.07, 6.45) is 3.45. The van der Waals surface area contributed by atoms with E-state index in [1.807, 2.05) is 0 Å². The highest BCUT2D eigenvalue weighted by Crippen LogP contribution is 2.40. The van der Waals surface area contributed by atoms with Crippen LogP contribution in [0.4, 0.5) is 0 Å². The molecule has 10 heteroatoms. The molecule has 2 atom stereocenters. The lowest BCUT2D eigenvalue weighted by Gasteiger charge is -2.31. The second kappa shape index (κ2) is 10.9. The van der Waals surface area contributed by atoms with Crippen LogP contribution in [-0.2, 0) is 23.9 Å². The molecule has 0 aromatic heterocycles. The van der Waals surface area contributed by atoms with Crippen LogP contribution in [0.5, 0.6) is 0 Å². The van der Waals surface area contributed by atoms with Gasteiger partial charge in [0.2, 0.25) is 0 Å². The number of rotatable bonds is 11. The first-order valence-corrected chi connectivity index (χ1v) is 13.7. The maximum Gasteiger partial charge on any atom is 0.316 e. The van der Waals surface area contributed by atoms with Crippen molar-refractivity contribution in [2.45, 2.75) is 50.7 Å². The zero-order valence-corrected chi connectivity index (χ0v) is 20.6. The van der Waals surface area contributed by atoms with Crippen molar-refractivity contribution in [2.75, 3.05) is 18.6 Å². The number of amides is 1. The fraction of sp³-hybridized carbons (Fsp3) is 0.478. The minimum atomic E-state index is -4.02. The molecule has 3 rings (SSSR count). The van der Waals surface area contributed by atoms with E-state index in [9.17, 15) is 23.1 Å². The topological polar surface area (TPSA) is 110 Å². The number of ether oxygens (including phenoxy) is 1. The van der Waals surface area contributed by atoms with Gasteiger partial charge in [0.05, 0.1) is 24.2 Å². The second-order valence-corrected chi connectivity index (χ2v) is 10.6. The predicted molar refractivity (Wildman–Crippen MR) is 126 cm³/mol. The average Bonchev–Trinajstić information content (AvgIpc) is 2.78. The van der Waals surface area contributed by atoms with E-state index in [1.54, 1.807) is 30.3 Å². The van der Waals surface area contributed by atoms with Crippen LogP contribution >= 0.6 is 11.8 Å². The molecule has 0 saturated heterocycles. The minimum absolute atomic E-state index is 0.114. The molecule has 0 saturated carbocycles. The number of unbranched alkanes of at least 4 members (excludes halogenated alkanes) is 1. The van der Waals surface area contributed by atoms with Crippen LogP contribution in [0.15, 0.2) is 35.2 Å². The molecule has 2 aromatic rings. The molecule has 8 nitrogen and oxygen atoms in total. The molecular formula is C23H29NO7S2. The number of carbonyl (C=O) groups is 2. The van der Waals surface area contributed by atoms with Crippen LogP contribution in [0.25, 0.3) is 10.8 Å². The molecular weight excluding hydrogens is 466 g/mol. The van der Waals surface area contributed by atoms with E-state index in [1.165, 1.54) is 11.8 Å². The first-order chi connectivity index (χ1) is 15.7. The Morgan fingerprint density at radius 1 is 1.24 bits per heavy atom. The summed E-state index contributed by atoms with van der Waals surface area (Å²) < 4.78 is 33.3. The van der Waals surface area contributed by atoms with Gasteiger partial charge < -0.3 is 9.84 Å². The summed E-state index contributed by atoms with van der Waals surface area (Å²) in [6, 6.07) is 8.33. The molecule has 1 aliphatic rings. The number of thioether (sulfide) groups is 1. The Morgan fingerprint density at radius 2 is 2.00 bits per heavy atom.